The Morgan fingerprint density at radius 1 is 1.25 bits per heavy atom. The van der Waals surface area contributed by atoms with E-state index in [1.54, 1.807) is 33.1 Å². The number of aliphatic carboxylic acids is 1. The first-order chi connectivity index (χ1) is 11.1. The van der Waals surface area contributed by atoms with Crippen molar-refractivity contribution in [2.75, 3.05) is 13.7 Å². The summed E-state index contributed by atoms with van der Waals surface area (Å²) in [6.45, 7) is 9.34. The zero-order chi connectivity index (χ0) is 18.5. The molecule has 0 aliphatic rings. The molecule has 0 radical (unpaired) electrons. The summed E-state index contributed by atoms with van der Waals surface area (Å²) >= 11 is 0. The van der Waals surface area contributed by atoms with Crippen molar-refractivity contribution in [2.24, 2.45) is 5.92 Å². The molecule has 1 atom stereocenters. The highest BCUT2D eigenvalue weighted by Gasteiger charge is 2.24. The maximum atomic E-state index is 12.0. The number of rotatable bonds is 7. The summed E-state index contributed by atoms with van der Waals surface area (Å²) in [6, 6.07) is 4.46. The van der Waals surface area contributed by atoms with Gasteiger partial charge in [-0.05, 0) is 29.5 Å². The quantitative estimate of drug-likeness (QED) is 0.799. The van der Waals surface area contributed by atoms with Crippen molar-refractivity contribution in [3.05, 3.63) is 23.8 Å². The van der Waals surface area contributed by atoms with Crippen LogP contribution in [-0.2, 0) is 15.0 Å². The van der Waals surface area contributed by atoms with Crippen LogP contribution in [0.15, 0.2) is 18.2 Å². The van der Waals surface area contributed by atoms with E-state index in [-0.39, 0.29) is 17.9 Å². The van der Waals surface area contributed by atoms with E-state index in [4.69, 9.17) is 14.6 Å². The monoisotopic (exact) mass is 337 g/mol. The van der Waals surface area contributed by atoms with Crippen molar-refractivity contribution in [3.63, 3.8) is 0 Å². The Labute approximate surface area is 143 Å². The molecular formula is C18H27NO5. The number of hydrogen-bond donors (Lipinski definition) is 2. The smallest absolute Gasteiger partial charge is 0.326 e. The molecule has 134 valence electrons. The number of carbonyl (C=O) groups excluding carboxylic acids is 1. The van der Waals surface area contributed by atoms with Crippen molar-refractivity contribution in [2.45, 2.75) is 46.1 Å². The Kier molecular flexibility index (Phi) is 6.63. The van der Waals surface area contributed by atoms with Crippen molar-refractivity contribution >= 4 is 11.9 Å². The topological polar surface area (TPSA) is 84.9 Å². The van der Waals surface area contributed by atoms with Crippen molar-refractivity contribution in [1.82, 2.24) is 5.32 Å². The molecule has 0 saturated heterocycles. The lowest BCUT2D eigenvalue weighted by Crippen LogP contribution is -2.46. The van der Waals surface area contributed by atoms with Gasteiger partial charge in [-0.25, -0.2) is 4.79 Å². The predicted molar refractivity (Wildman–Crippen MR) is 91.6 cm³/mol. The summed E-state index contributed by atoms with van der Waals surface area (Å²) in [5, 5.41) is 11.6. The Balaban J connectivity index is 2.83. The zero-order valence-electron chi connectivity index (χ0n) is 15.2. The summed E-state index contributed by atoms with van der Waals surface area (Å²) in [5.41, 5.74) is 0.718. The molecule has 0 bridgehead atoms. The first-order valence-corrected chi connectivity index (χ1v) is 7.89. The molecule has 0 aliphatic carbocycles. The van der Waals surface area contributed by atoms with Gasteiger partial charge in [-0.2, -0.15) is 0 Å². The number of carbonyl (C=O) groups is 2. The lowest BCUT2D eigenvalue weighted by atomic mass is 9.86. The Morgan fingerprint density at radius 2 is 1.88 bits per heavy atom. The molecule has 0 heterocycles. The van der Waals surface area contributed by atoms with Gasteiger partial charge in [-0.3, -0.25) is 4.79 Å². The van der Waals surface area contributed by atoms with Gasteiger partial charge in [0, 0.05) is 5.56 Å². The average molecular weight is 337 g/mol. The highest BCUT2D eigenvalue weighted by molar-refractivity contribution is 5.84. The van der Waals surface area contributed by atoms with E-state index >= 15 is 0 Å². The summed E-state index contributed by atoms with van der Waals surface area (Å²) < 4.78 is 10.9. The van der Waals surface area contributed by atoms with Gasteiger partial charge in [0.2, 0.25) is 0 Å². The number of amides is 1. The minimum absolute atomic E-state index is 0.193. The minimum atomic E-state index is -1.06. The number of carboxylic acid groups (broad SMARTS) is 1. The molecular weight excluding hydrogens is 310 g/mol. The summed E-state index contributed by atoms with van der Waals surface area (Å²) in [6.07, 6.45) is 0. The Bertz CT molecular complexity index is 590. The van der Waals surface area contributed by atoms with Crippen LogP contribution in [0.25, 0.3) is 0 Å². The van der Waals surface area contributed by atoms with Gasteiger partial charge in [-0.1, -0.05) is 34.6 Å². The normalized spacial score (nSPS) is 12.6. The number of methoxy groups -OCH3 is 1. The number of ether oxygens (including phenoxy) is 2. The van der Waals surface area contributed by atoms with E-state index in [1.165, 1.54) is 0 Å². The second-order valence-electron chi connectivity index (χ2n) is 7.03. The van der Waals surface area contributed by atoms with E-state index < -0.39 is 17.9 Å². The van der Waals surface area contributed by atoms with Crippen LogP contribution in [0.3, 0.4) is 0 Å². The molecule has 0 unspecified atom stereocenters. The van der Waals surface area contributed by atoms with Crippen LogP contribution in [-0.4, -0.2) is 36.7 Å². The van der Waals surface area contributed by atoms with Gasteiger partial charge in [-0.15, -0.1) is 0 Å². The molecule has 1 aromatic rings. The fraction of sp³-hybridized carbons (Fsp3) is 0.556. The number of hydrogen-bond acceptors (Lipinski definition) is 4. The van der Waals surface area contributed by atoms with E-state index in [2.05, 4.69) is 5.32 Å². The molecule has 6 nitrogen and oxygen atoms in total. The standard InChI is InChI=1S/C18H27NO5/c1-11(2)16(17(21)22)19-15(20)10-24-14-8-7-12(23-6)9-13(14)18(3,4)5/h7-9,11,16H,10H2,1-6H3,(H,19,20)(H,21,22)/t16-/m1/s1. The molecule has 0 spiro atoms. The molecule has 0 saturated carbocycles. The highest BCUT2D eigenvalue weighted by Crippen LogP contribution is 2.34. The molecule has 0 aromatic heterocycles. The van der Waals surface area contributed by atoms with E-state index in [1.807, 2.05) is 26.8 Å². The summed E-state index contributed by atoms with van der Waals surface area (Å²) in [4.78, 5) is 23.1. The first-order valence-electron chi connectivity index (χ1n) is 7.89. The lowest BCUT2D eigenvalue weighted by Gasteiger charge is -2.24. The fourth-order valence-electron chi connectivity index (χ4n) is 2.22. The third kappa shape index (κ3) is 5.44. The van der Waals surface area contributed by atoms with Crippen molar-refractivity contribution < 1.29 is 24.2 Å². The van der Waals surface area contributed by atoms with Gasteiger partial charge in [0.15, 0.2) is 6.61 Å². The molecule has 1 aromatic carbocycles. The van der Waals surface area contributed by atoms with E-state index in [0.717, 1.165) is 5.56 Å². The first kappa shape index (κ1) is 19.8. The van der Waals surface area contributed by atoms with Crippen molar-refractivity contribution in [1.29, 1.82) is 0 Å². The number of carboxylic acids is 1. The largest absolute Gasteiger partial charge is 0.497 e. The van der Waals surface area contributed by atoms with Crippen LogP contribution in [0, 0.1) is 5.92 Å². The fourth-order valence-corrected chi connectivity index (χ4v) is 2.22. The second kappa shape index (κ2) is 8.04. The summed E-state index contributed by atoms with van der Waals surface area (Å²) in [5.74, 6) is -0.445. The molecule has 24 heavy (non-hydrogen) atoms. The predicted octanol–water partition coefficient (Wildman–Crippen LogP) is 2.60. The number of benzene rings is 1. The molecule has 1 amide bonds. The maximum absolute atomic E-state index is 12.0. The summed E-state index contributed by atoms with van der Waals surface area (Å²) in [7, 11) is 1.59. The van der Waals surface area contributed by atoms with E-state index in [0.29, 0.717) is 11.5 Å². The molecule has 0 aliphatic heterocycles. The zero-order valence-corrected chi connectivity index (χ0v) is 15.2. The van der Waals surface area contributed by atoms with Gasteiger partial charge in [0.25, 0.3) is 5.91 Å². The highest BCUT2D eigenvalue weighted by atomic mass is 16.5. The van der Waals surface area contributed by atoms with Gasteiger partial charge in [0.1, 0.15) is 17.5 Å². The SMILES string of the molecule is COc1ccc(OCC(=O)N[C@@H](C(=O)O)C(C)C)c(C(C)(C)C)c1. The minimum Gasteiger partial charge on any atom is -0.497 e. The van der Waals surface area contributed by atoms with Crippen molar-refractivity contribution in [3.8, 4) is 11.5 Å². The Hall–Kier alpha value is -2.24. The van der Waals surface area contributed by atoms with Crippen LogP contribution in [0.5, 0.6) is 11.5 Å². The van der Waals surface area contributed by atoms with Crippen LogP contribution in [0.4, 0.5) is 0 Å². The maximum Gasteiger partial charge on any atom is 0.326 e. The van der Waals surface area contributed by atoms with Gasteiger partial charge in [0.05, 0.1) is 7.11 Å². The molecule has 1 rings (SSSR count). The lowest BCUT2D eigenvalue weighted by molar-refractivity contribution is -0.143. The Morgan fingerprint density at radius 3 is 2.33 bits per heavy atom. The third-order valence-electron chi connectivity index (χ3n) is 3.60. The third-order valence-corrected chi connectivity index (χ3v) is 3.60. The van der Waals surface area contributed by atoms with E-state index in [9.17, 15) is 9.59 Å². The van der Waals surface area contributed by atoms with Crippen LogP contribution >= 0.6 is 0 Å². The molecule has 2 N–H and O–H groups in total. The molecule has 6 heteroatoms. The van der Waals surface area contributed by atoms with Crippen LogP contribution in [0.2, 0.25) is 0 Å². The van der Waals surface area contributed by atoms with Gasteiger partial charge < -0.3 is 19.9 Å². The average Bonchev–Trinajstić information content (AvgIpc) is 2.48. The second-order valence-corrected chi connectivity index (χ2v) is 7.03. The van der Waals surface area contributed by atoms with Gasteiger partial charge >= 0.3 is 5.97 Å². The van der Waals surface area contributed by atoms with Crippen LogP contribution in [0.1, 0.15) is 40.2 Å². The van der Waals surface area contributed by atoms with Crippen LogP contribution < -0.4 is 14.8 Å². The molecule has 0 fully saturated rings. The number of nitrogens with one attached hydrogen (secondary N) is 1.